The Hall–Kier alpha value is -0.470. The predicted molar refractivity (Wildman–Crippen MR) is 48.2 cm³/mol. The molecule has 0 saturated carbocycles. The molecule has 11 heavy (non-hydrogen) atoms. The largest absolute Gasteiger partial charge is 0.386 e. The minimum Gasteiger partial charge on any atom is -0.386 e. The summed E-state index contributed by atoms with van der Waals surface area (Å²) < 4.78 is 12.8. The normalized spacial score (nSPS) is 8.64. The van der Waals surface area contributed by atoms with Crippen LogP contribution < -0.4 is 5.32 Å². The van der Waals surface area contributed by atoms with Crippen LogP contribution in [-0.2, 0) is 0 Å². The van der Waals surface area contributed by atoms with E-state index < -0.39 is 5.82 Å². The molecule has 0 aliphatic rings. The Balaban J connectivity index is 0.000001000. The van der Waals surface area contributed by atoms with Gasteiger partial charge in [-0.1, -0.05) is 17.7 Å². The van der Waals surface area contributed by atoms with Crippen molar-refractivity contribution in [3.05, 3.63) is 29.0 Å². The Labute approximate surface area is 76.0 Å². The van der Waals surface area contributed by atoms with Crippen molar-refractivity contribution in [3.63, 3.8) is 0 Å². The highest BCUT2D eigenvalue weighted by molar-refractivity contribution is 6.31. The first-order valence-electron chi connectivity index (χ1n) is 2.87. The summed E-state index contributed by atoms with van der Waals surface area (Å²) >= 11 is 5.48. The van der Waals surface area contributed by atoms with Crippen molar-refractivity contribution in [1.82, 2.24) is 0 Å². The second-order valence-electron chi connectivity index (χ2n) is 1.85. The van der Waals surface area contributed by atoms with Crippen molar-refractivity contribution >= 4 is 29.7 Å². The second-order valence-corrected chi connectivity index (χ2v) is 2.26. The van der Waals surface area contributed by atoms with Gasteiger partial charge >= 0.3 is 0 Å². The van der Waals surface area contributed by atoms with Crippen LogP contribution in [0.15, 0.2) is 18.2 Å². The third-order valence-electron chi connectivity index (χ3n) is 1.22. The zero-order valence-corrected chi connectivity index (χ0v) is 7.47. The number of hydrogen-bond acceptors (Lipinski definition) is 1. The zero-order valence-electron chi connectivity index (χ0n) is 5.90. The lowest BCUT2D eigenvalue weighted by atomic mass is 10.3. The summed E-state index contributed by atoms with van der Waals surface area (Å²) in [6.45, 7) is 0. The molecule has 0 fully saturated rings. The van der Waals surface area contributed by atoms with Gasteiger partial charge in [0, 0.05) is 7.05 Å². The van der Waals surface area contributed by atoms with Gasteiger partial charge in [-0.15, -0.1) is 12.4 Å². The fourth-order valence-corrected chi connectivity index (χ4v) is 0.871. The minimum absolute atomic E-state index is 0. The maximum atomic E-state index is 12.8. The summed E-state index contributed by atoms with van der Waals surface area (Å²) in [5.74, 6) is -0.397. The van der Waals surface area contributed by atoms with Crippen LogP contribution in [0.3, 0.4) is 0 Å². The van der Waals surface area contributed by atoms with E-state index in [2.05, 4.69) is 5.32 Å². The van der Waals surface area contributed by atoms with Gasteiger partial charge in [0.25, 0.3) is 0 Å². The number of rotatable bonds is 1. The average Bonchev–Trinajstić information content (AvgIpc) is 1.95. The summed E-state index contributed by atoms with van der Waals surface area (Å²) in [6.07, 6.45) is 0. The van der Waals surface area contributed by atoms with Gasteiger partial charge in [-0.3, -0.25) is 0 Å². The van der Waals surface area contributed by atoms with Crippen molar-refractivity contribution in [2.75, 3.05) is 12.4 Å². The molecule has 62 valence electrons. The molecule has 1 nitrogen and oxygen atoms in total. The SMILES string of the molecule is CNc1cccc(Cl)c1F.Cl. The van der Waals surface area contributed by atoms with Crippen LogP contribution in [0.1, 0.15) is 0 Å². The highest BCUT2D eigenvalue weighted by atomic mass is 35.5. The highest BCUT2D eigenvalue weighted by Gasteiger charge is 2.02. The second kappa shape index (κ2) is 4.42. The van der Waals surface area contributed by atoms with Gasteiger partial charge in [-0.25, -0.2) is 4.39 Å². The summed E-state index contributed by atoms with van der Waals surface area (Å²) in [4.78, 5) is 0. The van der Waals surface area contributed by atoms with Crippen molar-refractivity contribution in [3.8, 4) is 0 Å². The Morgan fingerprint density at radius 2 is 2.09 bits per heavy atom. The molecule has 0 aliphatic carbocycles. The average molecular weight is 196 g/mol. The van der Waals surface area contributed by atoms with Crippen LogP contribution in [0.25, 0.3) is 0 Å². The van der Waals surface area contributed by atoms with Crippen LogP contribution in [0.4, 0.5) is 10.1 Å². The third-order valence-corrected chi connectivity index (χ3v) is 1.51. The molecule has 0 radical (unpaired) electrons. The van der Waals surface area contributed by atoms with Gasteiger partial charge < -0.3 is 5.32 Å². The molecule has 0 spiro atoms. The molecule has 1 aromatic rings. The van der Waals surface area contributed by atoms with Crippen LogP contribution in [0.2, 0.25) is 5.02 Å². The van der Waals surface area contributed by atoms with Crippen molar-refractivity contribution in [1.29, 1.82) is 0 Å². The molecule has 1 N–H and O–H groups in total. The van der Waals surface area contributed by atoms with E-state index in [-0.39, 0.29) is 17.4 Å². The molecule has 0 heterocycles. The molecule has 0 amide bonds. The molecular formula is C7H8Cl2FN. The zero-order chi connectivity index (χ0) is 7.56. The predicted octanol–water partition coefficient (Wildman–Crippen LogP) is 2.94. The first-order valence-corrected chi connectivity index (χ1v) is 3.25. The van der Waals surface area contributed by atoms with E-state index >= 15 is 0 Å². The summed E-state index contributed by atoms with van der Waals surface area (Å²) in [5, 5.41) is 2.82. The Morgan fingerprint density at radius 3 is 2.55 bits per heavy atom. The molecule has 0 aliphatic heterocycles. The summed E-state index contributed by atoms with van der Waals surface area (Å²) in [7, 11) is 1.65. The fraction of sp³-hybridized carbons (Fsp3) is 0.143. The van der Waals surface area contributed by atoms with Crippen LogP contribution in [-0.4, -0.2) is 7.05 Å². The van der Waals surface area contributed by atoms with E-state index in [0.29, 0.717) is 5.69 Å². The molecule has 0 aromatic heterocycles. The molecule has 1 aromatic carbocycles. The fourth-order valence-electron chi connectivity index (χ4n) is 0.697. The van der Waals surface area contributed by atoms with Gasteiger partial charge in [-0.2, -0.15) is 0 Å². The molecule has 1 rings (SSSR count). The van der Waals surface area contributed by atoms with E-state index in [9.17, 15) is 4.39 Å². The smallest absolute Gasteiger partial charge is 0.164 e. The Kier molecular flexibility index (Phi) is 4.23. The van der Waals surface area contributed by atoms with Gasteiger partial charge in [-0.05, 0) is 12.1 Å². The van der Waals surface area contributed by atoms with E-state index in [1.807, 2.05) is 0 Å². The maximum Gasteiger partial charge on any atom is 0.164 e. The number of hydrogen-bond donors (Lipinski definition) is 1. The topological polar surface area (TPSA) is 12.0 Å². The summed E-state index contributed by atoms with van der Waals surface area (Å²) in [6, 6.07) is 4.83. The molecule has 0 bridgehead atoms. The molecular weight excluding hydrogens is 188 g/mol. The van der Waals surface area contributed by atoms with Crippen molar-refractivity contribution in [2.24, 2.45) is 0 Å². The van der Waals surface area contributed by atoms with Gasteiger partial charge in [0.05, 0.1) is 10.7 Å². The monoisotopic (exact) mass is 195 g/mol. The van der Waals surface area contributed by atoms with Gasteiger partial charge in [0.2, 0.25) is 0 Å². The van der Waals surface area contributed by atoms with E-state index in [1.54, 1.807) is 19.2 Å². The minimum atomic E-state index is -0.397. The quantitative estimate of drug-likeness (QED) is 0.727. The van der Waals surface area contributed by atoms with Gasteiger partial charge in [0.1, 0.15) is 0 Å². The third kappa shape index (κ3) is 2.24. The molecule has 4 heteroatoms. The van der Waals surface area contributed by atoms with Crippen molar-refractivity contribution in [2.45, 2.75) is 0 Å². The number of benzene rings is 1. The Bertz CT molecular complexity index is 240. The van der Waals surface area contributed by atoms with E-state index in [0.717, 1.165) is 0 Å². The Morgan fingerprint density at radius 1 is 1.45 bits per heavy atom. The molecule has 0 unspecified atom stereocenters. The van der Waals surface area contributed by atoms with E-state index in [1.165, 1.54) is 6.07 Å². The first kappa shape index (κ1) is 10.5. The summed E-state index contributed by atoms with van der Waals surface area (Å²) in [5.41, 5.74) is 0.424. The highest BCUT2D eigenvalue weighted by Crippen LogP contribution is 2.20. The first-order chi connectivity index (χ1) is 4.75. The molecule has 0 saturated heterocycles. The van der Waals surface area contributed by atoms with E-state index in [4.69, 9.17) is 11.6 Å². The lowest BCUT2D eigenvalue weighted by Gasteiger charge is -2.01. The van der Waals surface area contributed by atoms with Crippen LogP contribution in [0.5, 0.6) is 0 Å². The number of halogens is 3. The molecule has 0 atom stereocenters. The van der Waals surface area contributed by atoms with Gasteiger partial charge in [0.15, 0.2) is 5.82 Å². The van der Waals surface area contributed by atoms with Crippen molar-refractivity contribution < 1.29 is 4.39 Å². The standard InChI is InChI=1S/C7H7ClFN.ClH/c1-10-6-4-2-3-5(8)7(6)9;/h2-4,10H,1H3;1H. The number of anilines is 1. The maximum absolute atomic E-state index is 12.8. The van der Waals surface area contributed by atoms with Crippen LogP contribution >= 0.6 is 24.0 Å². The lowest BCUT2D eigenvalue weighted by molar-refractivity contribution is 0.632. The number of nitrogens with one attached hydrogen (secondary N) is 1. The van der Waals surface area contributed by atoms with Crippen LogP contribution in [0, 0.1) is 5.82 Å². The lowest BCUT2D eigenvalue weighted by Crippen LogP contribution is -1.91.